The number of rotatable bonds is 6. The Balaban J connectivity index is 1.50. The number of ketones is 2. The Kier molecular flexibility index (Phi) is 6.28. The summed E-state index contributed by atoms with van der Waals surface area (Å²) in [7, 11) is 0. The van der Waals surface area contributed by atoms with E-state index in [1.165, 1.54) is 11.3 Å². The topological polar surface area (TPSA) is 66.5 Å². The zero-order valence-corrected chi connectivity index (χ0v) is 24.7. The number of Topliss-reactive ketones (excluding diaryl/α,β-unsaturated/α-hetero) is 2. The van der Waals surface area contributed by atoms with E-state index in [0.717, 1.165) is 34.4 Å². The molecule has 1 amide bonds. The zero-order valence-electron chi connectivity index (χ0n) is 23.8. The lowest BCUT2D eigenvalue weighted by molar-refractivity contribution is -0.121. The van der Waals surface area contributed by atoms with E-state index in [2.05, 4.69) is 30.1 Å². The predicted octanol–water partition coefficient (Wildman–Crippen LogP) is 7.19. The van der Waals surface area contributed by atoms with E-state index in [1.807, 2.05) is 97.2 Å². The number of carbonyl (C=O) groups excluding carboxylic acids is 3. The number of benzene rings is 3. The van der Waals surface area contributed by atoms with Crippen LogP contribution in [-0.2, 0) is 16.6 Å². The molecule has 0 radical (unpaired) electrons. The Morgan fingerprint density at radius 2 is 1.67 bits per heavy atom. The third-order valence-corrected chi connectivity index (χ3v) is 9.97. The lowest BCUT2D eigenvalue weighted by Crippen LogP contribution is -2.51. The smallest absolute Gasteiger partial charge is 0.238 e. The van der Waals surface area contributed by atoms with Crippen LogP contribution in [0.2, 0.25) is 0 Å². The van der Waals surface area contributed by atoms with Crippen molar-refractivity contribution < 1.29 is 14.4 Å². The first kappa shape index (κ1) is 26.6. The van der Waals surface area contributed by atoms with E-state index in [9.17, 15) is 14.4 Å². The number of amides is 1. The monoisotopic (exact) mass is 572 g/mol. The SMILES string of the molecule is CC1=C[C@H]2N(c3ccccc31)[C@H](C(=O)c1cccs1)[C@@H](C(=O)c1ccc(CC(C)C)cc1)[C@]21C(=O)Nc2ccccc21. The highest BCUT2D eigenvalue weighted by atomic mass is 32.1. The summed E-state index contributed by atoms with van der Waals surface area (Å²) in [5, 5.41) is 4.99. The maximum Gasteiger partial charge on any atom is 0.238 e. The Hall–Kier alpha value is -4.29. The highest BCUT2D eigenvalue weighted by Crippen LogP contribution is 2.58. The van der Waals surface area contributed by atoms with Crippen molar-refractivity contribution in [1.82, 2.24) is 0 Å². The lowest BCUT2D eigenvalue weighted by Gasteiger charge is -2.39. The molecule has 0 saturated carbocycles. The molecule has 1 saturated heterocycles. The van der Waals surface area contributed by atoms with Crippen molar-refractivity contribution in [2.45, 2.75) is 44.7 Å². The fourth-order valence-electron chi connectivity index (χ4n) is 7.41. The number of para-hydroxylation sites is 2. The number of anilines is 2. The van der Waals surface area contributed by atoms with Gasteiger partial charge in [-0.25, -0.2) is 0 Å². The van der Waals surface area contributed by atoms with Gasteiger partial charge in [0.25, 0.3) is 0 Å². The normalized spacial score (nSPS) is 23.8. The van der Waals surface area contributed by atoms with Gasteiger partial charge in [0.05, 0.1) is 16.8 Å². The third kappa shape index (κ3) is 3.78. The Morgan fingerprint density at radius 1 is 0.929 bits per heavy atom. The highest BCUT2D eigenvalue weighted by Gasteiger charge is 2.70. The highest BCUT2D eigenvalue weighted by molar-refractivity contribution is 7.12. The van der Waals surface area contributed by atoms with Crippen LogP contribution in [0.3, 0.4) is 0 Å². The van der Waals surface area contributed by atoms with Gasteiger partial charge in [-0.2, -0.15) is 0 Å². The number of fused-ring (bicyclic) bond motifs is 6. The predicted molar refractivity (Wildman–Crippen MR) is 168 cm³/mol. The summed E-state index contributed by atoms with van der Waals surface area (Å²) in [4.78, 5) is 46.7. The van der Waals surface area contributed by atoms with E-state index in [4.69, 9.17) is 0 Å². The minimum atomic E-state index is -1.29. The van der Waals surface area contributed by atoms with Gasteiger partial charge in [-0.05, 0) is 59.5 Å². The average molecular weight is 573 g/mol. The van der Waals surface area contributed by atoms with Crippen LogP contribution in [0, 0.1) is 11.8 Å². The second-order valence-corrected chi connectivity index (χ2v) is 13.0. The molecule has 3 aliphatic rings. The molecule has 4 aromatic rings. The quantitative estimate of drug-likeness (QED) is 0.248. The van der Waals surface area contributed by atoms with Crippen LogP contribution in [0.5, 0.6) is 0 Å². The fourth-order valence-corrected chi connectivity index (χ4v) is 8.11. The van der Waals surface area contributed by atoms with Crippen molar-refractivity contribution in [3.8, 4) is 0 Å². The fraction of sp³-hybridized carbons (Fsp3) is 0.250. The van der Waals surface area contributed by atoms with Crippen molar-refractivity contribution in [2.24, 2.45) is 11.8 Å². The molecule has 0 bridgehead atoms. The largest absolute Gasteiger partial charge is 0.352 e. The van der Waals surface area contributed by atoms with Gasteiger partial charge in [0.1, 0.15) is 11.5 Å². The zero-order chi connectivity index (χ0) is 29.2. The average Bonchev–Trinajstić information content (AvgIpc) is 3.70. The van der Waals surface area contributed by atoms with Crippen LogP contribution in [-0.4, -0.2) is 29.6 Å². The van der Waals surface area contributed by atoms with Gasteiger partial charge in [0.15, 0.2) is 11.6 Å². The van der Waals surface area contributed by atoms with Crippen LogP contribution < -0.4 is 10.2 Å². The number of thiophene rings is 1. The van der Waals surface area contributed by atoms with E-state index < -0.39 is 23.4 Å². The number of nitrogens with zero attached hydrogens (tertiary/aromatic N) is 1. The first-order valence-corrected chi connectivity index (χ1v) is 15.4. The molecule has 3 aromatic carbocycles. The summed E-state index contributed by atoms with van der Waals surface area (Å²) in [6.45, 7) is 6.38. The third-order valence-electron chi connectivity index (χ3n) is 9.08. The molecule has 0 unspecified atom stereocenters. The molecule has 210 valence electrons. The van der Waals surface area contributed by atoms with Crippen LogP contribution in [0.4, 0.5) is 11.4 Å². The number of hydrogen-bond donors (Lipinski definition) is 1. The summed E-state index contributed by atoms with van der Waals surface area (Å²) >= 11 is 1.37. The molecule has 3 aliphatic heterocycles. The summed E-state index contributed by atoms with van der Waals surface area (Å²) < 4.78 is 0. The van der Waals surface area contributed by atoms with Crippen molar-refractivity contribution in [3.05, 3.63) is 124 Å². The summed E-state index contributed by atoms with van der Waals surface area (Å²) in [5.41, 5.74) is 4.74. The maximum atomic E-state index is 14.9. The first-order valence-electron chi connectivity index (χ1n) is 14.5. The molecule has 7 rings (SSSR count). The van der Waals surface area contributed by atoms with Crippen LogP contribution in [0.25, 0.3) is 5.57 Å². The molecule has 5 nitrogen and oxygen atoms in total. The molecule has 1 spiro atoms. The lowest BCUT2D eigenvalue weighted by atomic mass is 9.64. The Bertz CT molecular complexity index is 1750. The number of carbonyl (C=O) groups is 3. The number of hydrogen-bond acceptors (Lipinski definition) is 5. The van der Waals surface area contributed by atoms with Gasteiger partial charge >= 0.3 is 0 Å². The summed E-state index contributed by atoms with van der Waals surface area (Å²) in [6.07, 6.45) is 3.01. The Morgan fingerprint density at radius 3 is 2.40 bits per heavy atom. The molecule has 4 heterocycles. The minimum absolute atomic E-state index is 0.137. The van der Waals surface area contributed by atoms with Crippen LogP contribution >= 0.6 is 11.3 Å². The van der Waals surface area contributed by atoms with E-state index in [0.29, 0.717) is 22.0 Å². The molecule has 4 atom stereocenters. The van der Waals surface area contributed by atoms with Crippen molar-refractivity contribution in [1.29, 1.82) is 0 Å². The van der Waals surface area contributed by atoms with Crippen LogP contribution in [0.1, 0.15) is 57.5 Å². The summed E-state index contributed by atoms with van der Waals surface area (Å²) in [6, 6.07) is 25.6. The Labute approximate surface area is 249 Å². The van der Waals surface area contributed by atoms with Crippen molar-refractivity contribution in [3.63, 3.8) is 0 Å². The van der Waals surface area contributed by atoms with Gasteiger partial charge in [-0.3, -0.25) is 14.4 Å². The number of allylic oxidation sites excluding steroid dienone is 1. The molecular weight excluding hydrogens is 540 g/mol. The molecule has 1 N–H and O–H groups in total. The van der Waals surface area contributed by atoms with Gasteiger partial charge in [0.2, 0.25) is 5.91 Å². The number of nitrogens with one attached hydrogen (secondary N) is 1. The van der Waals surface area contributed by atoms with Gasteiger partial charge in [0, 0.05) is 22.5 Å². The maximum absolute atomic E-state index is 14.9. The molecule has 1 fully saturated rings. The van der Waals surface area contributed by atoms with Gasteiger partial charge < -0.3 is 10.2 Å². The van der Waals surface area contributed by atoms with Crippen molar-refractivity contribution in [2.75, 3.05) is 10.2 Å². The van der Waals surface area contributed by atoms with E-state index in [-0.39, 0.29) is 17.5 Å². The van der Waals surface area contributed by atoms with E-state index >= 15 is 0 Å². The summed E-state index contributed by atoms with van der Waals surface area (Å²) in [5.74, 6) is -1.03. The van der Waals surface area contributed by atoms with Crippen LogP contribution in [0.15, 0.2) is 96.4 Å². The van der Waals surface area contributed by atoms with Gasteiger partial charge in [-0.1, -0.05) is 86.7 Å². The van der Waals surface area contributed by atoms with Gasteiger partial charge in [-0.15, -0.1) is 11.3 Å². The van der Waals surface area contributed by atoms with E-state index in [1.54, 1.807) is 0 Å². The molecule has 1 aromatic heterocycles. The van der Waals surface area contributed by atoms with Crippen molar-refractivity contribution >= 4 is 45.8 Å². The second-order valence-electron chi connectivity index (χ2n) is 12.0. The molecular formula is C36H32N2O3S. The molecule has 42 heavy (non-hydrogen) atoms. The first-order chi connectivity index (χ1) is 20.3. The minimum Gasteiger partial charge on any atom is -0.352 e. The standard InChI is InChI=1S/C36H32N2O3S/c1-21(2)19-23-14-16-24(17-15-23)33(39)31-32(34(40)29-13-8-18-42-29)38-28-12-7-4-9-25(28)22(3)20-30(38)36(31)26-10-5-6-11-27(26)37-35(36)41/h4-18,20-21,30-32H,19H2,1-3H3,(H,37,41)/t30-,31+,32+,36-/m1/s1. The second kappa shape index (κ2) is 9.92. The molecule has 0 aliphatic carbocycles. The molecule has 6 heteroatoms.